The highest BCUT2D eigenvalue weighted by Gasteiger charge is 2.16. The smallest absolute Gasteiger partial charge is 0.411 e. The van der Waals surface area contributed by atoms with E-state index >= 15 is 0 Å². The molecular weight excluding hydrogens is 298 g/mol. The van der Waals surface area contributed by atoms with E-state index in [9.17, 15) is 4.79 Å². The first-order valence-corrected chi connectivity index (χ1v) is 8.34. The van der Waals surface area contributed by atoms with Gasteiger partial charge in [0, 0.05) is 17.1 Å². The Bertz CT molecular complexity index is 610. The predicted octanol–water partition coefficient (Wildman–Crippen LogP) is 3.36. The van der Waals surface area contributed by atoms with Gasteiger partial charge in [0.25, 0.3) is 0 Å². The highest BCUT2D eigenvalue weighted by molar-refractivity contribution is 7.13. The molecule has 1 aromatic heterocycles. The zero-order valence-electron chi connectivity index (χ0n) is 12.2. The number of aromatic nitrogens is 1. The molecule has 5 nitrogen and oxygen atoms in total. The van der Waals surface area contributed by atoms with Crippen molar-refractivity contribution in [1.82, 2.24) is 10.3 Å². The SMILES string of the molecule is O=C(Nc1ccccc1-c1nccs1)OCC1CCNCC1. The molecule has 3 rings (SSSR count). The van der Waals surface area contributed by atoms with Crippen LogP contribution >= 0.6 is 11.3 Å². The molecule has 1 fully saturated rings. The number of nitrogens with zero attached hydrogens (tertiary/aromatic N) is 1. The van der Waals surface area contributed by atoms with Crippen molar-refractivity contribution < 1.29 is 9.53 Å². The van der Waals surface area contributed by atoms with Gasteiger partial charge in [0.2, 0.25) is 0 Å². The largest absolute Gasteiger partial charge is 0.449 e. The Labute approximate surface area is 133 Å². The van der Waals surface area contributed by atoms with Crippen LogP contribution in [0.15, 0.2) is 35.8 Å². The summed E-state index contributed by atoms with van der Waals surface area (Å²) in [6.45, 7) is 2.48. The van der Waals surface area contributed by atoms with Crippen LogP contribution < -0.4 is 10.6 Å². The van der Waals surface area contributed by atoms with Gasteiger partial charge in [-0.05, 0) is 44.0 Å². The van der Waals surface area contributed by atoms with Crippen LogP contribution in [0.25, 0.3) is 10.6 Å². The molecule has 1 aromatic carbocycles. The van der Waals surface area contributed by atoms with E-state index in [2.05, 4.69) is 15.6 Å². The molecule has 1 aliphatic heterocycles. The molecule has 0 unspecified atom stereocenters. The molecule has 0 bridgehead atoms. The van der Waals surface area contributed by atoms with Gasteiger partial charge < -0.3 is 10.1 Å². The lowest BCUT2D eigenvalue weighted by molar-refractivity contribution is 0.131. The number of benzene rings is 1. The van der Waals surface area contributed by atoms with E-state index in [1.54, 1.807) is 17.5 Å². The van der Waals surface area contributed by atoms with Crippen LogP contribution in [0.4, 0.5) is 10.5 Å². The minimum atomic E-state index is -0.400. The molecule has 6 heteroatoms. The fourth-order valence-corrected chi connectivity index (χ4v) is 3.20. The number of carbonyl (C=O) groups excluding carboxylic acids is 1. The molecule has 22 heavy (non-hydrogen) atoms. The first-order valence-electron chi connectivity index (χ1n) is 7.46. The van der Waals surface area contributed by atoms with E-state index < -0.39 is 6.09 Å². The predicted molar refractivity (Wildman–Crippen MR) is 88.1 cm³/mol. The Hall–Kier alpha value is -1.92. The molecule has 0 radical (unpaired) electrons. The van der Waals surface area contributed by atoms with E-state index in [0.717, 1.165) is 42.2 Å². The van der Waals surface area contributed by atoms with Crippen LogP contribution in [0.5, 0.6) is 0 Å². The maximum Gasteiger partial charge on any atom is 0.411 e. The number of anilines is 1. The van der Waals surface area contributed by atoms with Crippen LogP contribution in [-0.4, -0.2) is 30.8 Å². The fourth-order valence-electron chi connectivity index (χ4n) is 2.52. The number of hydrogen-bond donors (Lipinski definition) is 2. The van der Waals surface area contributed by atoms with Crippen LogP contribution in [0, 0.1) is 5.92 Å². The maximum absolute atomic E-state index is 12.0. The quantitative estimate of drug-likeness (QED) is 0.907. The number of ether oxygens (including phenoxy) is 1. The maximum atomic E-state index is 12.0. The Kier molecular flexibility index (Phi) is 5.03. The summed E-state index contributed by atoms with van der Waals surface area (Å²) in [5.74, 6) is 0.459. The lowest BCUT2D eigenvalue weighted by Gasteiger charge is -2.22. The number of nitrogens with one attached hydrogen (secondary N) is 2. The van der Waals surface area contributed by atoms with E-state index in [1.807, 2.05) is 29.6 Å². The van der Waals surface area contributed by atoms with Crippen LogP contribution in [-0.2, 0) is 4.74 Å². The minimum absolute atomic E-state index is 0.400. The number of hydrogen-bond acceptors (Lipinski definition) is 5. The normalized spacial score (nSPS) is 15.5. The fraction of sp³-hybridized carbons (Fsp3) is 0.375. The molecule has 2 aromatic rings. The van der Waals surface area contributed by atoms with Gasteiger partial charge in [-0.3, -0.25) is 5.32 Å². The molecule has 2 N–H and O–H groups in total. The van der Waals surface area contributed by atoms with Crippen molar-refractivity contribution in [3.63, 3.8) is 0 Å². The van der Waals surface area contributed by atoms with Crippen LogP contribution in [0.3, 0.4) is 0 Å². The summed E-state index contributed by atoms with van der Waals surface area (Å²) < 4.78 is 5.36. The number of piperidine rings is 1. The van der Waals surface area contributed by atoms with Gasteiger partial charge >= 0.3 is 6.09 Å². The molecule has 0 aliphatic carbocycles. The minimum Gasteiger partial charge on any atom is -0.449 e. The van der Waals surface area contributed by atoms with Gasteiger partial charge in [-0.25, -0.2) is 9.78 Å². The van der Waals surface area contributed by atoms with Gasteiger partial charge in [0.05, 0.1) is 12.3 Å². The molecule has 1 amide bonds. The van der Waals surface area contributed by atoms with Gasteiger partial charge in [-0.1, -0.05) is 12.1 Å². The Morgan fingerprint density at radius 1 is 1.36 bits per heavy atom. The van der Waals surface area contributed by atoms with Gasteiger partial charge in [0.15, 0.2) is 0 Å². The average molecular weight is 317 g/mol. The summed E-state index contributed by atoms with van der Waals surface area (Å²) in [6, 6.07) is 7.63. The molecular formula is C16H19N3O2S. The summed E-state index contributed by atoms with van der Waals surface area (Å²) in [6.07, 6.45) is 3.47. The molecule has 0 spiro atoms. The summed E-state index contributed by atoms with van der Waals surface area (Å²) in [5.41, 5.74) is 1.64. The second kappa shape index (κ2) is 7.38. The Morgan fingerprint density at radius 2 is 2.18 bits per heavy atom. The third-order valence-electron chi connectivity index (χ3n) is 3.74. The summed E-state index contributed by atoms with van der Waals surface area (Å²) in [4.78, 5) is 16.3. The van der Waals surface area contributed by atoms with Crippen molar-refractivity contribution in [2.24, 2.45) is 5.92 Å². The lowest BCUT2D eigenvalue weighted by Crippen LogP contribution is -2.31. The molecule has 0 saturated carbocycles. The van der Waals surface area contributed by atoms with E-state index in [0.29, 0.717) is 12.5 Å². The van der Waals surface area contributed by atoms with Crippen molar-refractivity contribution in [3.8, 4) is 10.6 Å². The van der Waals surface area contributed by atoms with Gasteiger partial charge in [-0.2, -0.15) is 0 Å². The second-order valence-corrected chi connectivity index (χ2v) is 6.19. The zero-order chi connectivity index (χ0) is 15.2. The zero-order valence-corrected chi connectivity index (χ0v) is 13.1. The molecule has 1 saturated heterocycles. The van der Waals surface area contributed by atoms with Crippen molar-refractivity contribution in [2.75, 3.05) is 25.0 Å². The third kappa shape index (κ3) is 3.84. The van der Waals surface area contributed by atoms with Gasteiger partial charge in [-0.15, -0.1) is 11.3 Å². The van der Waals surface area contributed by atoms with E-state index in [1.165, 1.54) is 0 Å². The first kappa shape index (κ1) is 15.0. The Balaban J connectivity index is 1.59. The highest BCUT2D eigenvalue weighted by atomic mass is 32.1. The monoisotopic (exact) mass is 317 g/mol. The topological polar surface area (TPSA) is 63.2 Å². The van der Waals surface area contributed by atoms with E-state index in [-0.39, 0.29) is 0 Å². The number of thiazole rings is 1. The van der Waals surface area contributed by atoms with Crippen molar-refractivity contribution in [2.45, 2.75) is 12.8 Å². The highest BCUT2D eigenvalue weighted by Crippen LogP contribution is 2.29. The second-order valence-electron chi connectivity index (χ2n) is 5.30. The standard InChI is InChI=1S/C16H19N3O2S/c20-16(21-11-12-5-7-17-8-6-12)19-14-4-2-1-3-13(14)15-18-9-10-22-15/h1-4,9-10,12,17H,5-8,11H2,(H,19,20). The van der Waals surface area contributed by atoms with Crippen molar-refractivity contribution >= 4 is 23.1 Å². The number of para-hydroxylation sites is 1. The van der Waals surface area contributed by atoms with Crippen molar-refractivity contribution in [1.29, 1.82) is 0 Å². The molecule has 1 aliphatic rings. The Morgan fingerprint density at radius 3 is 2.95 bits per heavy atom. The molecule has 116 valence electrons. The van der Waals surface area contributed by atoms with Crippen LogP contribution in [0.2, 0.25) is 0 Å². The van der Waals surface area contributed by atoms with Crippen molar-refractivity contribution in [3.05, 3.63) is 35.8 Å². The van der Waals surface area contributed by atoms with Gasteiger partial charge in [0.1, 0.15) is 5.01 Å². The summed E-state index contributed by atoms with van der Waals surface area (Å²) >= 11 is 1.54. The number of amides is 1. The number of rotatable bonds is 4. The van der Waals surface area contributed by atoms with Crippen LogP contribution in [0.1, 0.15) is 12.8 Å². The number of carbonyl (C=O) groups is 1. The first-order chi connectivity index (χ1) is 10.8. The molecule has 0 atom stereocenters. The summed E-state index contributed by atoms with van der Waals surface area (Å²) in [5, 5.41) is 8.93. The molecule has 2 heterocycles. The van der Waals surface area contributed by atoms with E-state index in [4.69, 9.17) is 4.74 Å². The average Bonchev–Trinajstić information content (AvgIpc) is 3.09. The summed E-state index contributed by atoms with van der Waals surface area (Å²) in [7, 11) is 0. The lowest BCUT2D eigenvalue weighted by atomic mass is 9.99. The third-order valence-corrected chi connectivity index (χ3v) is 4.54.